The predicted octanol–water partition coefficient (Wildman–Crippen LogP) is 4.55. The zero-order valence-corrected chi connectivity index (χ0v) is 13.0. The first kappa shape index (κ1) is 17.4. The maximum absolute atomic E-state index is 11.5. The van der Waals surface area contributed by atoms with E-state index in [9.17, 15) is 4.79 Å². The molecule has 1 nitrogen and oxygen atoms in total. The average Bonchev–Trinajstić information content (AvgIpc) is 3.04. The monoisotopic (exact) mass is 348 g/mol. The molecule has 3 heteroatoms. The number of hydrogen-bond acceptors (Lipinski definition) is 1. The molecule has 104 valence electrons. The summed E-state index contributed by atoms with van der Waals surface area (Å²) in [5, 5.41) is 0. The van der Waals surface area contributed by atoms with Crippen molar-refractivity contribution in [3.05, 3.63) is 60.2 Å². The molecule has 0 heterocycles. The van der Waals surface area contributed by atoms with Gasteiger partial charge in [-0.05, 0) is 6.42 Å². The van der Waals surface area contributed by atoms with Gasteiger partial charge in [-0.3, -0.25) is 0 Å². The quantitative estimate of drug-likeness (QED) is 0.343. The minimum atomic E-state index is -0.00935. The number of rotatable bonds is 4. The summed E-state index contributed by atoms with van der Waals surface area (Å²) in [6, 6.07) is 17.5. The SMILES string of the molecule is CCCC(Br)C(=O)[c-]1cccc1.[Fe].[cH-]1[cH-][cH-][cH-][cH-]1. The number of halogens is 1. The molecule has 0 saturated carbocycles. The van der Waals surface area contributed by atoms with E-state index in [0.29, 0.717) is 0 Å². The van der Waals surface area contributed by atoms with Gasteiger partial charge in [0.25, 0.3) is 0 Å². The van der Waals surface area contributed by atoms with Crippen molar-refractivity contribution >= 4 is 21.7 Å². The van der Waals surface area contributed by atoms with Crippen LogP contribution in [-0.4, -0.2) is 10.6 Å². The van der Waals surface area contributed by atoms with Gasteiger partial charge in [0.15, 0.2) is 0 Å². The van der Waals surface area contributed by atoms with Gasteiger partial charge >= 0.3 is 0 Å². The Morgan fingerprint density at radius 3 is 2.00 bits per heavy atom. The molecule has 2 aromatic rings. The molecule has 1 atom stereocenters. The van der Waals surface area contributed by atoms with Crippen molar-refractivity contribution in [1.82, 2.24) is 0 Å². The van der Waals surface area contributed by atoms with Crippen molar-refractivity contribution in [2.24, 2.45) is 0 Å². The number of Topliss-reactive ketones (excluding diaryl/α,β-unsaturated/α-hetero) is 1. The van der Waals surface area contributed by atoms with Crippen molar-refractivity contribution in [2.75, 3.05) is 0 Å². The summed E-state index contributed by atoms with van der Waals surface area (Å²) >= 11 is 3.38. The molecule has 18 heavy (non-hydrogen) atoms. The van der Waals surface area contributed by atoms with Crippen LogP contribution in [-0.2, 0) is 17.1 Å². The third-order valence-corrected chi connectivity index (χ3v) is 3.20. The molecule has 0 fully saturated rings. The number of carbonyl (C=O) groups is 1. The van der Waals surface area contributed by atoms with Crippen LogP contribution in [0.1, 0.15) is 30.1 Å². The Labute approximate surface area is 128 Å². The fourth-order valence-electron chi connectivity index (χ4n) is 1.42. The van der Waals surface area contributed by atoms with Crippen LogP contribution >= 0.6 is 15.9 Å². The van der Waals surface area contributed by atoms with E-state index in [0.717, 1.165) is 18.4 Å². The molecule has 0 aliphatic heterocycles. The Balaban J connectivity index is 0.000000405. The van der Waals surface area contributed by atoms with Crippen LogP contribution in [0.15, 0.2) is 54.6 Å². The second kappa shape index (κ2) is 10.3. The van der Waals surface area contributed by atoms with Gasteiger partial charge in [-0.2, -0.15) is 12.1 Å². The first-order chi connectivity index (χ1) is 8.25. The summed E-state index contributed by atoms with van der Waals surface area (Å²) in [6.45, 7) is 2.08. The molecule has 0 aliphatic carbocycles. The summed E-state index contributed by atoms with van der Waals surface area (Å²) in [4.78, 5) is 11.5. The van der Waals surface area contributed by atoms with E-state index in [1.54, 1.807) is 0 Å². The summed E-state index contributed by atoms with van der Waals surface area (Å²) in [7, 11) is 0. The van der Waals surface area contributed by atoms with E-state index in [-0.39, 0.29) is 27.7 Å². The van der Waals surface area contributed by atoms with Gasteiger partial charge in [-0.15, -0.1) is 0 Å². The molecule has 0 radical (unpaired) electrons. The fourth-order valence-corrected chi connectivity index (χ4v) is 2.15. The first-order valence-corrected chi connectivity index (χ1v) is 6.74. The molecular weight excluding hydrogens is 332 g/mol. The van der Waals surface area contributed by atoms with Crippen LogP contribution < -0.4 is 0 Å². The van der Waals surface area contributed by atoms with Crippen molar-refractivity contribution in [3.8, 4) is 0 Å². The summed E-state index contributed by atoms with van der Waals surface area (Å²) in [6.07, 6.45) is 1.94. The summed E-state index contributed by atoms with van der Waals surface area (Å²) in [5.74, 6) is 0.196. The third kappa shape index (κ3) is 6.34. The topological polar surface area (TPSA) is 17.1 Å². The minimum absolute atomic E-state index is 0. The Kier molecular flexibility index (Phi) is 9.95. The molecular formula is C15H17BrFeO-6. The van der Waals surface area contributed by atoms with E-state index in [4.69, 9.17) is 0 Å². The number of ketones is 1. The van der Waals surface area contributed by atoms with Crippen molar-refractivity contribution in [2.45, 2.75) is 24.6 Å². The van der Waals surface area contributed by atoms with Crippen LogP contribution in [0, 0.1) is 0 Å². The van der Waals surface area contributed by atoms with E-state index >= 15 is 0 Å². The molecule has 0 N–H and O–H groups in total. The number of alkyl halides is 1. The van der Waals surface area contributed by atoms with E-state index in [1.165, 1.54) is 0 Å². The molecule has 0 aromatic heterocycles. The van der Waals surface area contributed by atoms with Gasteiger partial charge in [-0.1, -0.05) is 34.8 Å². The predicted molar refractivity (Wildman–Crippen MR) is 76.0 cm³/mol. The average molecular weight is 349 g/mol. The van der Waals surface area contributed by atoms with Crippen molar-refractivity contribution in [3.63, 3.8) is 0 Å². The van der Waals surface area contributed by atoms with Gasteiger partial charge < -0.3 is 35.1 Å². The maximum atomic E-state index is 11.5. The molecule has 0 amide bonds. The van der Waals surface area contributed by atoms with Crippen LogP contribution in [0.25, 0.3) is 0 Å². The molecule has 2 rings (SSSR count). The molecule has 0 bridgehead atoms. The van der Waals surface area contributed by atoms with Gasteiger partial charge in [0, 0.05) is 17.1 Å². The third-order valence-electron chi connectivity index (χ3n) is 2.33. The fraction of sp³-hybridized carbons (Fsp3) is 0.267. The van der Waals surface area contributed by atoms with Crippen LogP contribution in [0.2, 0.25) is 0 Å². The Morgan fingerprint density at radius 2 is 1.61 bits per heavy atom. The van der Waals surface area contributed by atoms with Gasteiger partial charge in [-0.25, -0.2) is 12.1 Å². The normalized spacial score (nSPS) is 10.8. The molecule has 2 aromatic carbocycles. The van der Waals surface area contributed by atoms with Crippen LogP contribution in [0.5, 0.6) is 0 Å². The Morgan fingerprint density at radius 1 is 1.17 bits per heavy atom. The van der Waals surface area contributed by atoms with Gasteiger partial charge in [0.2, 0.25) is 0 Å². The number of carbonyl (C=O) groups excluding carboxylic acids is 1. The van der Waals surface area contributed by atoms with Gasteiger partial charge in [0.1, 0.15) is 5.78 Å². The molecule has 0 spiro atoms. The second-order valence-corrected chi connectivity index (χ2v) is 4.86. The molecule has 0 aliphatic rings. The van der Waals surface area contributed by atoms with Gasteiger partial charge in [0.05, 0.1) is 4.83 Å². The van der Waals surface area contributed by atoms with E-state index in [1.807, 2.05) is 54.6 Å². The minimum Gasteiger partial charge on any atom is -0.748 e. The zero-order chi connectivity index (χ0) is 12.5. The number of hydrogen-bond donors (Lipinski definition) is 0. The summed E-state index contributed by atoms with van der Waals surface area (Å²) in [5.41, 5.74) is 0.810. The van der Waals surface area contributed by atoms with Crippen molar-refractivity contribution in [1.29, 1.82) is 0 Å². The Hall–Kier alpha value is -0.631. The smallest absolute Gasteiger partial charge is 0.122 e. The molecule has 0 saturated heterocycles. The summed E-state index contributed by atoms with van der Waals surface area (Å²) < 4.78 is 0. The van der Waals surface area contributed by atoms with Crippen LogP contribution in [0.3, 0.4) is 0 Å². The van der Waals surface area contributed by atoms with E-state index in [2.05, 4.69) is 22.9 Å². The standard InChI is InChI=1S/C10H12BrO.C5H5.Fe/c1-2-5-9(11)10(12)8-6-3-4-7-8;1-2-4-5-3-1;/h3-4,6-7,9H,2,5H2,1H3;1-5H;/q-1;-5;. The zero-order valence-electron chi connectivity index (χ0n) is 10.3. The maximum Gasteiger partial charge on any atom is 0.122 e. The first-order valence-electron chi connectivity index (χ1n) is 5.82. The largest absolute Gasteiger partial charge is 0.748 e. The van der Waals surface area contributed by atoms with Crippen LogP contribution in [0.4, 0.5) is 0 Å². The van der Waals surface area contributed by atoms with Crippen molar-refractivity contribution < 1.29 is 21.9 Å². The van der Waals surface area contributed by atoms with E-state index < -0.39 is 0 Å². The molecule has 1 unspecified atom stereocenters. The second-order valence-electron chi connectivity index (χ2n) is 3.76. The Bertz CT molecular complexity index is 375.